The predicted molar refractivity (Wildman–Crippen MR) is 99.5 cm³/mol. The molecule has 0 aliphatic heterocycles. The zero-order valence-corrected chi connectivity index (χ0v) is 14.8. The van der Waals surface area contributed by atoms with Crippen molar-refractivity contribution in [3.05, 3.63) is 0 Å². The normalized spacial score (nSPS) is 14.2. The summed E-state index contributed by atoms with van der Waals surface area (Å²) in [6.45, 7) is 1.41. The van der Waals surface area contributed by atoms with Gasteiger partial charge in [0.05, 0.1) is 0 Å². The molecule has 6 N–H and O–H groups in total. The zero-order valence-electron chi connectivity index (χ0n) is 14.8. The molecular formula is C17H32N4O4. The highest BCUT2D eigenvalue weighted by atomic mass is 16.4. The van der Waals surface area contributed by atoms with Crippen LogP contribution in [0, 0.1) is 0 Å². The first-order valence-corrected chi connectivity index (χ1v) is 8.88. The molecule has 144 valence electrons. The van der Waals surface area contributed by atoms with E-state index in [1.165, 1.54) is 0 Å². The molecule has 8 heteroatoms. The number of hydrogen-bond acceptors (Lipinski definition) is 6. The van der Waals surface area contributed by atoms with Crippen molar-refractivity contribution < 1.29 is 19.8 Å². The third kappa shape index (κ3) is 15.5. The number of carbonyl (C=O) groups is 2. The van der Waals surface area contributed by atoms with Crippen molar-refractivity contribution in [3.8, 4) is 0 Å². The summed E-state index contributed by atoms with van der Waals surface area (Å²) < 4.78 is 0. The molecule has 0 saturated carbocycles. The Bertz CT molecular complexity index is 389. The average molecular weight is 356 g/mol. The molecule has 8 nitrogen and oxygen atoms in total. The van der Waals surface area contributed by atoms with E-state index in [0.717, 1.165) is 44.9 Å². The summed E-state index contributed by atoms with van der Waals surface area (Å²) in [5.74, 6) is -1.90. The molecule has 0 heterocycles. The summed E-state index contributed by atoms with van der Waals surface area (Å²) in [5, 5.41) is 17.3. The van der Waals surface area contributed by atoms with Gasteiger partial charge < -0.3 is 21.7 Å². The molecule has 0 radical (unpaired) electrons. The maximum atomic E-state index is 10.5. The Morgan fingerprint density at radius 2 is 1.16 bits per heavy atom. The fourth-order valence-corrected chi connectivity index (χ4v) is 2.05. The maximum Gasteiger partial charge on any atom is 0.320 e. The molecule has 0 rings (SSSR count). The quantitative estimate of drug-likeness (QED) is 0.243. The molecule has 0 aromatic carbocycles. The Hall–Kier alpha value is -1.80. The Balaban J connectivity index is 3.37. The van der Waals surface area contributed by atoms with Gasteiger partial charge in [-0.05, 0) is 70.2 Å². The number of nitrogens with two attached hydrogens (primary N) is 2. The Labute approximate surface area is 149 Å². The summed E-state index contributed by atoms with van der Waals surface area (Å²) in [6.07, 6.45) is 10.8. The lowest BCUT2D eigenvalue weighted by molar-refractivity contribution is -0.139. The van der Waals surface area contributed by atoms with Crippen molar-refractivity contribution in [1.29, 1.82) is 0 Å². The topological polar surface area (TPSA) is 151 Å². The number of aliphatic carboxylic acids is 2. The summed E-state index contributed by atoms with van der Waals surface area (Å²) in [4.78, 5) is 29.6. The van der Waals surface area contributed by atoms with Gasteiger partial charge in [-0.25, -0.2) is 0 Å². The van der Waals surface area contributed by atoms with Crippen molar-refractivity contribution in [3.63, 3.8) is 0 Å². The first kappa shape index (κ1) is 23.2. The van der Waals surface area contributed by atoms with Crippen molar-refractivity contribution >= 4 is 24.4 Å². The number of aliphatic imine (C=N–C) groups is 2. The van der Waals surface area contributed by atoms with Gasteiger partial charge in [-0.3, -0.25) is 19.6 Å². The van der Waals surface area contributed by atoms with Crippen LogP contribution in [0.1, 0.15) is 57.8 Å². The molecule has 0 saturated heterocycles. The van der Waals surface area contributed by atoms with Crippen molar-refractivity contribution in [2.45, 2.75) is 69.9 Å². The molecular weight excluding hydrogens is 324 g/mol. The third-order valence-corrected chi connectivity index (χ3v) is 3.66. The largest absolute Gasteiger partial charge is 0.480 e. The van der Waals surface area contributed by atoms with E-state index >= 15 is 0 Å². The summed E-state index contributed by atoms with van der Waals surface area (Å²) in [7, 11) is 0. The van der Waals surface area contributed by atoms with Gasteiger partial charge in [0.1, 0.15) is 12.1 Å². The zero-order chi connectivity index (χ0) is 18.9. The highest BCUT2D eigenvalue weighted by Gasteiger charge is 2.10. The van der Waals surface area contributed by atoms with Crippen LogP contribution in [0.2, 0.25) is 0 Å². The highest BCUT2D eigenvalue weighted by Crippen LogP contribution is 2.01. The van der Waals surface area contributed by atoms with Gasteiger partial charge in [-0.15, -0.1) is 0 Å². The Morgan fingerprint density at radius 3 is 1.52 bits per heavy atom. The molecule has 2 atom stereocenters. The molecule has 0 spiro atoms. The number of hydrogen-bond donors (Lipinski definition) is 4. The Morgan fingerprint density at radius 1 is 0.760 bits per heavy atom. The second-order valence-corrected chi connectivity index (χ2v) is 5.99. The monoisotopic (exact) mass is 356 g/mol. The van der Waals surface area contributed by atoms with Gasteiger partial charge in [0.2, 0.25) is 0 Å². The first-order valence-electron chi connectivity index (χ1n) is 8.88. The number of unbranched alkanes of at least 4 members (excludes halogenated alkanes) is 4. The van der Waals surface area contributed by atoms with E-state index in [2.05, 4.69) is 9.98 Å². The van der Waals surface area contributed by atoms with Crippen molar-refractivity contribution in [2.24, 2.45) is 21.5 Å². The number of nitrogens with zero attached hydrogens (tertiary/aromatic N) is 2. The molecule has 0 aromatic heterocycles. The molecule has 0 aliphatic rings. The summed E-state index contributed by atoms with van der Waals surface area (Å²) >= 11 is 0. The van der Waals surface area contributed by atoms with Gasteiger partial charge in [-0.2, -0.15) is 0 Å². The third-order valence-electron chi connectivity index (χ3n) is 3.66. The second kappa shape index (κ2) is 15.7. The minimum atomic E-state index is -0.950. The van der Waals surface area contributed by atoms with E-state index in [4.69, 9.17) is 21.7 Å². The van der Waals surface area contributed by atoms with Gasteiger partial charge in [-0.1, -0.05) is 0 Å². The van der Waals surface area contributed by atoms with Crippen LogP contribution in [0.5, 0.6) is 0 Å². The molecule has 0 bridgehead atoms. The average Bonchev–Trinajstić information content (AvgIpc) is 2.57. The fourth-order valence-electron chi connectivity index (χ4n) is 2.05. The second-order valence-electron chi connectivity index (χ2n) is 5.99. The van der Waals surface area contributed by atoms with Crippen molar-refractivity contribution in [1.82, 2.24) is 0 Å². The molecule has 0 aromatic rings. The first-order chi connectivity index (χ1) is 11.9. The minimum Gasteiger partial charge on any atom is -0.480 e. The smallest absolute Gasteiger partial charge is 0.320 e. The molecule has 0 fully saturated rings. The standard InChI is InChI=1S/C17H32N4O4/c18-14(16(22)23)8-2-6-12-20-10-4-1-5-11-21-13-7-3-9-15(19)17(24)25/h10-11,14-15H,1-9,12-13,18-19H2,(H,22,23)(H,24,25)/t14-,15-/m0/s1. The lowest BCUT2D eigenvalue weighted by Gasteiger charge is -2.04. The van der Waals surface area contributed by atoms with E-state index in [0.29, 0.717) is 25.9 Å². The predicted octanol–water partition coefficient (Wildman–Crippen LogP) is 1.46. The fraction of sp³-hybridized carbons (Fsp3) is 0.765. The van der Waals surface area contributed by atoms with Gasteiger partial charge in [0.25, 0.3) is 0 Å². The van der Waals surface area contributed by atoms with Gasteiger partial charge in [0, 0.05) is 13.1 Å². The number of carboxylic acid groups (broad SMARTS) is 2. The van der Waals surface area contributed by atoms with Gasteiger partial charge >= 0.3 is 11.9 Å². The lowest BCUT2D eigenvalue weighted by Crippen LogP contribution is -2.29. The molecule has 0 aliphatic carbocycles. The van der Waals surface area contributed by atoms with Crippen molar-refractivity contribution in [2.75, 3.05) is 13.1 Å². The van der Waals surface area contributed by atoms with E-state index < -0.39 is 24.0 Å². The number of carboxylic acids is 2. The van der Waals surface area contributed by atoms with E-state index in [-0.39, 0.29) is 0 Å². The Kier molecular flexibility index (Phi) is 14.6. The molecule has 0 unspecified atom stereocenters. The summed E-state index contributed by atoms with van der Waals surface area (Å²) in [5.41, 5.74) is 10.8. The van der Waals surface area contributed by atoms with E-state index in [9.17, 15) is 9.59 Å². The summed E-state index contributed by atoms with van der Waals surface area (Å²) in [6, 6.07) is -1.53. The number of rotatable bonds is 16. The molecule has 0 amide bonds. The minimum absolute atomic E-state index is 0.490. The maximum absolute atomic E-state index is 10.5. The SMILES string of the molecule is N[C@@H](CCCCN=CCCCC=NCCCC[C@H](N)C(=O)O)C(=O)O. The van der Waals surface area contributed by atoms with Crippen LogP contribution in [0.25, 0.3) is 0 Å². The van der Waals surface area contributed by atoms with Crippen LogP contribution in [0.4, 0.5) is 0 Å². The van der Waals surface area contributed by atoms with Gasteiger partial charge in [0.15, 0.2) is 0 Å². The van der Waals surface area contributed by atoms with Crippen LogP contribution in [-0.2, 0) is 9.59 Å². The van der Waals surface area contributed by atoms with Crippen LogP contribution in [-0.4, -0.2) is 59.8 Å². The molecule has 25 heavy (non-hydrogen) atoms. The van der Waals surface area contributed by atoms with Crippen LogP contribution in [0.15, 0.2) is 9.98 Å². The lowest BCUT2D eigenvalue weighted by atomic mass is 10.1. The highest BCUT2D eigenvalue weighted by molar-refractivity contribution is 5.73. The van der Waals surface area contributed by atoms with Crippen LogP contribution >= 0.6 is 0 Å². The van der Waals surface area contributed by atoms with E-state index in [1.54, 1.807) is 0 Å². The van der Waals surface area contributed by atoms with Crippen LogP contribution in [0.3, 0.4) is 0 Å². The van der Waals surface area contributed by atoms with Crippen LogP contribution < -0.4 is 11.5 Å². The van der Waals surface area contributed by atoms with E-state index in [1.807, 2.05) is 12.4 Å².